The monoisotopic (exact) mass is 285 g/mol. The van der Waals surface area contributed by atoms with Gasteiger partial charge in [0.25, 0.3) is 0 Å². The second-order valence-electron chi connectivity index (χ2n) is 7.17. The predicted octanol–water partition coefficient (Wildman–Crippen LogP) is 4.42. The molecular formula is C19H27NO. The summed E-state index contributed by atoms with van der Waals surface area (Å²) in [6.07, 6.45) is 8.16. The van der Waals surface area contributed by atoms with Crippen molar-refractivity contribution >= 4 is 12.0 Å². The van der Waals surface area contributed by atoms with Crippen LogP contribution in [0, 0.1) is 11.3 Å². The lowest BCUT2D eigenvalue weighted by Crippen LogP contribution is -2.38. The summed E-state index contributed by atoms with van der Waals surface area (Å²) in [7, 11) is 0. The van der Waals surface area contributed by atoms with Gasteiger partial charge in [-0.1, -0.05) is 51.1 Å². The van der Waals surface area contributed by atoms with Crippen molar-refractivity contribution in [2.75, 3.05) is 0 Å². The Morgan fingerprint density at radius 1 is 1.10 bits per heavy atom. The van der Waals surface area contributed by atoms with E-state index in [0.29, 0.717) is 11.5 Å². The molecular weight excluding hydrogens is 258 g/mol. The van der Waals surface area contributed by atoms with Crippen molar-refractivity contribution in [1.29, 1.82) is 0 Å². The number of nitrogens with one attached hydrogen (secondary N) is 1. The van der Waals surface area contributed by atoms with Crippen LogP contribution in [-0.4, -0.2) is 11.9 Å². The zero-order chi connectivity index (χ0) is 15.3. The zero-order valence-corrected chi connectivity index (χ0v) is 13.4. The predicted molar refractivity (Wildman–Crippen MR) is 88.8 cm³/mol. The Labute approximate surface area is 128 Å². The fraction of sp³-hybridized carbons (Fsp3) is 0.526. The molecule has 1 aromatic carbocycles. The van der Waals surface area contributed by atoms with Gasteiger partial charge in [-0.25, -0.2) is 0 Å². The minimum atomic E-state index is 0.0260. The summed E-state index contributed by atoms with van der Waals surface area (Å²) in [6.45, 7) is 6.96. The molecule has 1 aliphatic carbocycles. The van der Waals surface area contributed by atoms with Crippen molar-refractivity contribution in [3.8, 4) is 0 Å². The van der Waals surface area contributed by atoms with Crippen LogP contribution in [0.25, 0.3) is 6.08 Å². The van der Waals surface area contributed by atoms with Gasteiger partial charge in [0.2, 0.25) is 5.91 Å². The van der Waals surface area contributed by atoms with Gasteiger partial charge in [0.15, 0.2) is 0 Å². The summed E-state index contributed by atoms with van der Waals surface area (Å²) in [5, 5.41) is 3.14. The maximum Gasteiger partial charge on any atom is 0.244 e. The highest BCUT2D eigenvalue weighted by atomic mass is 16.1. The van der Waals surface area contributed by atoms with Gasteiger partial charge in [-0.15, -0.1) is 0 Å². The summed E-state index contributed by atoms with van der Waals surface area (Å²) >= 11 is 0. The van der Waals surface area contributed by atoms with Crippen molar-refractivity contribution in [3.63, 3.8) is 0 Å². The molecule has 0 aliphatic heterocycles. The molecule has 1 aliphatic rings. The van der Waals surface area contributed by atoms with Crippen molar-refractivity contribution in [3.05, 3.63) is 42.0 Å². The van der Waals surface area contributed by atoms with Gasteiger partial charge in [0, 0.05) is 12.1 Å². The second-order valence-corrected chi connectivity index (χ2v) is 7.17. The van der Waals surface area contributed by atoms with Crippen LogP contribution in [0.15, 0.2) is 36.4 Å². The van der Waals surface area contributed by atoms with Gasteiger partial charge in [0.1, 0.15) is 0 Å². The molecule has 114 valence electrons. The molecule has 0 bridgehead atoms. The van der Waals surface area contributed by atoms with Gasteiger partial charge >= 0.3 is 0 Å². The third-order valence-electron chi connectivity index (χ3n) is 4.53. The normalized spacial score (nSPS) is 23.2. The Hall–Kier alpha value is -1.57. The Balaban J connectivity index is 1.78. The highest BCUT2D eigenvalue weighted by molar-refractivity contribution is 5.91. The van der Waals surface area contributed by atoms with Crippen LogP contribution < -0.4 is 5.32 Å². The van der Waals surface area contributed by atoms with Gasteiger partial charge in [0.05, 0.1) is 0 Å². The molecule has 2 heteroatoms. The smallest absolute Gasteiger partial charge is 0.244 e. The topological polar surface area (TPSA) is 29.1 Å². The maximum atomic E-state index is 12.0. The number of rotatable bonds is 3. The first-order valence-corrected chi connectivity index (χ1v) is 7.99. The summed E-state index contributed by atoms with van der Waals surface area (Å²) in [4.78, 5) is 12.0. The highest BCUT2D eigenvalue weighted by Gasteiger charge is 2.29. The number of benzene rings is 1. The molecule has 2 rings (SSSR count). The first-order chi connectivity index (χ1) is 9.95. The van der Waals surface area contributed by atoms with Crippen LogP contribution in [0.1, 0.15) is 52.0 Å². The van der Waals surface area contributed by atoms with E-state index in [1.165, 1.54) is 12.8 Å². The highest BCUT2D eigenvalue weighted by Crippen LogP contribution is 2.37. The average Bonchev–Trinajstić information content (AvgIpc) is 2.46. The zero-order valence-electron chi connectivity index (χ0n) is 13.4. The van der Waals surface area contributed by atoms with E-state index in [-0.39, 0.29) is 5.91 Å². The van der Waals surface area contributed by atoms with Crippen LogP contribution in [0.2, 0.25) is 0 Å². The fourth-order valence-corrected chi connectivity index (χ4v) is 3.09. The number of hydrogen-bond donors (Lipinski definition) is 1. The lowest BCUT2D eigenvalue weighted by Gasteiger charge is -2.37. The van der Waals surface area contributed by atoms with Crippen molar-refractivity contribution < 1.29 is 4.79 Å². The first kappa shape index (κ1) is 15.8. The molecule has 0 atom stereocenters. The molecule has 0 unspecified atom stereocenters. The Morgan fingerprint density at radius 3 is 2.29 bits per heavy atom. The van der Waals surface area contributed by atoms with E-state index in [0.717, 1.165) is 24.3 Å². The molecule has 0 heterocycles. The minimum absolute atomic E-state index is 0.0260. The largest absolute Gasteiger partial charge is 0.350 e. The Morgan fingerprint density at radius 2 is 1.71 bits per heavy atom. The van der Waals surface area contributed by atoms with Crippen LogP contribution >= 0.6 is 0 Å². The lowest BCUT2D eigenvalue weighted by molar-refractivity contribution is -0.117. The molecule has 2 nitrogen and oxygen atoms in total. The molecule has 1 N–H and O–H groups in total. The van der Waals surface area contributed by atoms with E-state index in [2.05, 4.69) is 26.1 Å². The summed E-state index contributed by atoms with van der Waals surface area (Å²) in [6, 6.07) is 10.3. The van der Waals surface area contributed by atoms with E-state index in [4.69, 9.17) is 0 Å². The second kappa shape index (κ2) is 6.93. The number of carbonyl (C=O) groups excluding carboxylic acids is 1. The fourth-order valence-electron chi connectivity index (χ4n) is 3.09. The molecule has 0 saturated heterocycles. The molecule has 1 aromatic rings. The van der Waals surface area contributed by atoms with Crippen LogP contribution in [0.5, 0.6) is 0 Å². The van der Waals surface area contributed by atoms with E-state index >= 15 is 0 Å². The third-order valence-corrected chi connectivity index (χ3v) is 4.53. The third kappa shape index (κ3) is 5.04. The maximum absolute atomic E-state index is 12.0. The number of hydrogen-bond acceptors (Lipinski definition) is 1. The SMILES string of the molecule is CC(C)(C)C1CCC(NC(=O)/C=C/c2ccccc2)CC1. The molecule has 21 heavy (non-hydrogen) atoms. The van der Waals surface area contributed by atoms with Crippen LogP contribution in [-0.2, 0) is 4.79 Å². The summed E-state index contributed by atoms with van der Waals surface area (Å²) in [5.41, 5.74) is 1.45. The molecule has 0 aromatic heterocycles. The minimum Gasteiger partial charge on any atom is -0.350 e. The summed E-state index contributed by atoms with van der Waals surface area (Å²) in [5.74, 6) is 0.809. The van der Waals surface area contributed by atoms with Gasteiger partial charge in [-0.05, 0) is 48.7 Å². The summed E-state index contributed by atoms with van der Waals surface area (Å²) < 4.78 is 0. The van der Waals surface area contributed by atoms with E-state index in [1.807, 2.05) is 36.4 Å². The van der Waals surface area contributed by atoms with Crippen molar-refractivity contribution in [2.24, 2.45) is 11.3 Å². The quantitative estimate of drug-likeness (QED) is 0.818. The molecule has 0 spiro atoms. The standard InChI is InChI=1S/C19H27NO/c1-19(2,3)16-10-12-17(13-11-16)20-18(21)14-9-15-7-5-4-6-8-15/h4-9,14,16-17H,10-13H2,1-3H3,(H,20,21)/b14-9+. The van der Waals surface area contributed by atoms with E-state index < -0.39 is 0 Å². The van der Waals surface area contributed by atoms with Crippen molar-refractivity contribution in [2.45, 2.75) is 52.5 Å². The van der Waals surface area contributed by atoms with Crippen molar-refractivity contribution in [1.82, 2.24) is 5.32 Å². The van der Waals surface area contributed by atoms with E-state index in [1.54, 1.807) is 6.08 Å². The molecule has 1 fully saturated rings. The average molecular weight is 285 g/mol. The molecule has 1 saturated carbocycles. The van der Waals surface area contributed by atoms with Gasteiger partial charge < -0.3 is 5.32 Å². The Kier molecular flexibility index (Phi) is 5.22. The van der Waals surface area contributed by atoms with Crippen LogP contribution in [0.4, 0.5) is 0 Å². The van der Waals surface area contributed by atoms with Gasteiger partial charge in [-0.3, -0.25) is 4.79 Å². The number of carbonyl (C=O) groups is 1. The lowest BCUT2D eigenvalue weighted by atomic mass is 9.71. The molecule has 1 amide bonds. The van der Waals surface area contributed by atoms with E-state index in [9.17, 15) is 4.79 Å². The first-order valence-electron chi connectivity index (χ1n) is 7.99. The Bertz CT molecular complexity index is 476. The van der Waals surface area contributed by atoms with Crippen LogP contribution in [0.3, 0.4) is 0 Å². The van der Waals surface area contributed by atoms with Gasteiger partial charge in [-0.2, -0.15) is 0 Å². The number of amides is 1. The molecule has 0 radical (unpaired) electrons.